The lowest BCUT2D eigenvalue weighted by molar-refractivity contribution is 0.0972. The Kier molecular flexibility index (Phi) is 6.63. The van der Waals surface area contributed by atoms with Crippen LogP contribution in [0.2, 0.25) is 0 Å². The van der Waals surface area contributed by atoms with Crippen molar-refractivity contribution >= 4 is 44.5 Å². The van der Waals surface area contributed by atoms with Crippen molar-refractivity contribution in [2.24, 2.45) is 0 Å². The molecule has 4 aromatic rings. The molecule has 0 aliphatic carbocycles. The van der Waals surface area contributed by atoms with Gasteiger partial charge in [-0.25, -0.2) is 4.98 Å². The predicted octanol–water partition coefficient (Wildman–Crippen LogP) is 4.98. The molecule has 1 saturated heterocycles. The van der Waals surface area contributed by atoms with Crippen molar-refractivity contribution in [3.8, 4) is 16.6 Å². The van der Waals surface area contributed by atoms with E-state index < -0.39 is 0 Å². The van der Waals surface area contributed by atoms with E-state index in [1.165, 1.54) is 11.3 Å². The number of nitrogens with zero attached hydrogens (tertiary/aromatic N) is 5. The minimum absolute atomic E-state index is 0.0437. The van der Waals surface area contributed by atoms with Gasteiger partial charge in [0.1, 0.15) is 15.8 Å². The lowest BCUT2D eigenvalue weighted by Crippen LogP contribution is -2.49. The first-order valence-electron chi connectivity index (χ1n) is 11.3. The third kappa shape index (κ3) is 4.44. The maximum absolute atomic E-state index is 13.9. The summed E-state index contributed by atoms with van der Waals surface area (Å²) in [4.78, 5) is 20.5. The van der Waals surface area contributed by atoms with Crippen LogP contribution in [-0.2, 0) is 6.42 Å². The van der Waals surface area contributed by atoms with E-state index in [2.05, 4.69) is 33.9 Å². The number of anilines is 1. The average Bonchev–Trinajstić information content (AvgIpc) is 3.51. The number of benzene rings is 1. The largest absolute Gasteiger partial charge is 0.315 e. The smallest absolute Gasteiger partial charge is 0.259 e. The molecule has 0 radical (unpaired) electrons. The molecule has 0 unspecified atom stereocenters. The number of nitrogens with one attached hydrogen (secondary N) is 1. The van der Waals surface area contributed by atoms with Gasteiger partial charge in [-0.05, 0) is 55.5 Å². The van der Waals surface area contributed by atoms with E-state index in [1.807, 2.05) is 35.2 Å². The minimum Gasteiger partial charge on any atom is -0.315 e. The van der Waals surface area contributed by atoms with E-state index in [0.717, 1.165) is 63.0 Å². The Bertz CT molecular complexity index is 1350. The second-order valence-electron chi connectivity index (χ2n) is 8.34. The van der Waals surface area contributed by atoms with Gasteiger partial charge in [0.15, 0.2) is 0 Å². The molecule has 4 heterocycles. The molecule has 0 saturated carbocycles. The van der Waals surface area contributed by atoms with E-state index in [1.54, 1.807) is 17.5 Å². The normalized spacial score (nSPS) is 15.8. The molecule has 1 N–H and O–H groups in total. The van der Waals surface area contributed by atoms with Crippen LogP contribution in [0, 0.1) is 18.3 Å². The number of aromatic nitrogens is 3. The maximum Gasteiger partial charge on any atom is 0.259 e. The molecule has 1 atom stereocenters. The molecule has 1 amide bonds. The molecule has 7 nitrogen and oxygen atoms in total. The first-order chi connectivity index (χ1) is 16.7. The van der Waals surface area contributed by atoms with Crippen molar-refractivity contribution in [2.75, 3.05) is 18.0 Å². The number of fused-ring (bicyclic) bond motifs is 1. The minimum atomic E-state index is -0.0437. The zero-order valence-corrected chi connectivity index (χ0v) is 20.5. The fourth-order valence-electron chi connectivity index (χ4n) is 4.31. The molecular weight excluding hydrogens is 464 g/mol. The fraction of sp³-hybridized carbons (Fsp3) is 0.320. The van der Waals surface area contributed by atoms with Crippen LogP contribution in [0.5, 0.6) is 0 Å². The molecule has 34 heavy (non-hydrogen) atoms. The van der Waals surface area contributed by atoms with Gasteiger partial charge in [0.25, 0.3) is 5.91 Å². The Morgan fingerprint density at radius 2 is 2.12 bits per heavy atom. The van der Waals surface area contributed by atoms with E-state index in [0.29, 0.717) is 18.4 Å². The summed E-state index contributed by atoms with van der Waals surface area (Å²) in [6.07, 6.45) is 4.80. The molecule has 0 bridgehead atoms. The molecule has 3 aromatic heterocycles. The van der Waals surface area contributed by atoms with Crippen molar-refractivity contribution in [2.45, 2.75) is 38.6 Å². The number of rotatable bonds is 6. The molecule has 172 valence electrons. The van der Waals surface area contributed by atoms with Crippen LogP contribution in [0.3, 0.4) is 0 Å². The number of carbonyl (C=O) groups excluding carboxylic acids is 1. The van der Waals surface area contributed by atoms with Crippen LogP contribution in [0.15, 0.2) is 41.9 Å². The Morgan fingerprint density at radius 3 is 2.88 bits per heavy atom. The van der Waals surface area contributed by atoms with Gasteiger partial charge in [0.2, 0.25) is 0 Å². The summed E-state index contributed by atoms with van der Waals surface area (Å²) in [6, 6.07) is 11.8. The van der Waals surface area contributed by atoms with Crippen LogP contribution < -0.4 is 10.2 Å². The van der Waals surface area contributed by atoms with Gasteiger partial charge in [0.05, 0.1) is 12.1 Å². The van der Waals surface area contributed by atoms with Crippen molar-refractivity contribution in [1.29, 1.82) is 5.26 Å². The monoisotopic (exact) mass is 488 g/mol. The number of hydrogen-bond acceptors (Lipinski definition) is 8. The number of carbonyl (C=O) groups is 1. The van der Waals surface area contributed by atoms with E-state index in [4.69, 9.17) is 10.2 Å². The Morgan fingerprint density at radius 1 is 1.26 bits per heavy atom. The highest BCUT2D eigenvalue weighted by molar-refractivity contribution is 7.17. The number of amides is 1. The lowest BCUT2D eigenvalue weighted by atomic mass is 10.0. The van der Waals surface area contributed by atoms with Gasteiger partial charge < -0.3 is 5.32 Å². The van der Waals surface area contributed by atoms with Gasteiger partial charge >= 0.3 is 0 Å². The van der Waals surface area contributed by atoms with Crippen molar-refractivity contribution in [3.63, 3.8) is 0 Å². The SMILES string of the molecule is Cc1csc2ccnc(N(C(=O)c3ccc(-c4nnc(CCC#N)s4)cc3)[C@@H]3CCCNC3)c12. The van der Waals surface area contributed by atoms with Crippen LogP contribution in [0.4, 0.5) is 5.82 Å². The molecular formula is C25H24N6OS2. The number of hydrogen-bond donors (Lipinski definition) is 1. The second-order valence-corrected chi connectivity index (χ2v) is 10.3. The van der Waals surface area contributed by atoms with Crippen molar-refractivity contribution in [3.05, 3.63) is 58.0 Å². The van der Waals surface area contributed by atoms with Crippen LogP contribution in [0.1, 0.15) is 40.2 Å². The average molecular weight is 489 g/mol. The van der Waals surface area contributed by atoms with Gasteiger partial charge in [-0.15, -0.1) is 21.5 Å². The van der Waals surface area contributed by atoms with Crippen molar-refractivity contribution < 1.29 is 4.79 Å². The third-order valence-corrected chi connectivity index (χ3v) is 8.13. The third-order valence-electron chi connectivity index (χ3n) is 6.03. The zero-order valence-electron chi connectivity index (χ0n) is 18.8. The highest BCUT2D eigenvalue weighted by Gasteiger charge is 2.30. The van der Waals surface area contributed by atoms with Gasteiger partial charge in [0, 0.05) is 46.8 Å². The summed E-state index contributed by atoms with van der Waals surface area (Å²) in [7, 11) is 0. The Balaban J connectivity index is 1.47. The zero-order chi connectivity index (χ0) is 23.5. The molecule has 1 aliphatic heterocycles. The molecule has 1 aliphatic rings. The highest BCUT2D eigenvalue weighted by Crippen LogP contribution is 2.35. The lowest BCUT2D eigenvalue weighted by Gasteiger charge is -2.34. The summed E-state index contributed by atoms with van der Waals surface area (Å²) in [5.41, 5.74) is 2.68. The maximum atomic E-state index is 13.9. The number of piperidine rings is 1. The Labute approximate surface area is 206 Å². The summed E-state index contributed by atoms with van der Waals surface area (Å²) < 4.78 is 1.14. The predicted molar refractivity (Wildman–Crippen MR) is 136 cm³/mol. The summed E-state index contributed by atoms with van der Waals surface area (Å²) in [5.74, 6) is 0.697. The summed E-state index contributed by atoms with van der Waals surface area (Å²) >= 11 is 3.17. The second kappa shape index (κ2) is 9.97. The summed E-state index contributed by atoms with van der Waals surface area (Å²) in [6.45, 7) is 3.80. The molecule has 0 spiro atoms. The van der Waals surface area contributed by atoms with Crippen LogP contribution in [0.25, 0.3) is 20.7 Å². The molecule has 1 aromatic carbocycles. The first kappa shape index (κ1) is 22.6. The molecule has 5 rings (SSSR count). The van der Waals surface area contributed by atoms with E-state index >= 15 is 0 Å². The first-order valence-corrected chi connectivity index (χ1v) is 13.0. The number of nitriles is 1. The topological polar surface area (TPSA) is 94.8 Å². The standard InChI is InChI=1S/C25H24N6OS2/c1-16-15-33-20-10-13-28-23(22(16)20)31(19-4-3-12-27-14-19)25(32)18-8-6-17(7-9-18)24-30-29-21(34-24)5-2-11-26/h6-10,13,15,19,27H,2-5,12,14H2,1H3/t19-/m1/s1. The fourth-order valence-corrected chi connectivity index (χ4v) is 6.09. The van der Waals surface area contributed by atoms with Crippen LogP contribution in [-0.4, -0.2) is 40.2 Å². The quantitative estimate of drug-likeness (QED) is 0.411. The van der Waals surface area contributed by atoms with Crippen LogP contribution >= 0.6 is 22.7 Å². The molecule has 9 heteroatoms. The number of thiophene rings is 1. The van der Waals surface area contributed by atoms with Gasteiger partial charge in [-0.1, -0.05) is 23.5 Å². The van der Waals surface area contributed by atoms with Crippen molar-refractivity contribution in [1.82, 2.24) is 20.5 Å². The Hall–Kier alpha value is -3.19. The van der Waals surface area contributed by atoms with Gasteiger partial charge in [-0.3, -0.25) is 9.69 Å². The molecule has 1 fully saturated rings. The number of aryl methyl sites for hydroxylation is 2. The summed E-state index contributed by atoms with van der Waals surface area (Å²) in [5, 5.41) is 25.5. The highest BCUT2D eigenvalue weighted by atomic mass is 32.1. The van der Waals surface area contributed by atoms with E-state index in [9.17, 15) is 4.79 Å². The van der Waals surface area contributed by atoms with E-state index in [-0.39, 0.29) is 11.9 Å². The van der Waals surface area contributed by atoms with Gasteiger partial charge in [-0.2, -0.15) is 5.26 Å². The number of pyridine rings is 1.